The Kier molecular flexibility index (Phi) is 4.11. The summed E-state index contributed by atoms with van der Waals surface area (Å²) < 4.78 is 9.86. The molecule has 1 aliphatic heterocycles. The van der Waals surface area contributed by atoms with E-state index in [-0.39, 0.29) is 18.9 Å². The predicted octanol–water partition coefficient (Wildman–Crippen LogP) is -0.212. The van der Waals surface area contributed by atoms with Crippen LogP contribution in [0.25, 0.3) is 0 Å². The second kappa shape index (κ2) is 5.36. The Morgan fingerprint density at radius 3 is 2.93 bits per heavy atom. The monoisotopic (exact) mass is 209 g/mol. The van der Waals surface area contributed by atoms with Gasteiger partial charge in [-0.2, -0.15) is 0 Å². The number of likely N-dealkylation sites (N-methyl/N-ethyl adjacent to an activating group) is 1. The number of carbonyl (C=O) groups is 2. The number of rotatable bonds is 1. The van der Waals surface area contributed by atoms with E-state index in [1.54, 1.807) is 11.9 Å². The first kappa shape index (κ1) is 11.5. The maximum atomic E-state index is 11.3. The van der Waals surface area contributed by atoms with Crippen molar-refractivity contribution in [1.82, 2.24) is 4.90 Å². The van der Waals surface area contributed by atoms with Crippen LogP contribution in [0.15, 0.2) is 24.9 Å². The molecule has 1 heterocycles. The molecule has 80 valence electrons. The van der Waals surface area contributed by atoms with Crippen LogP contribution in [0.5, 0.6) is 0 Å². The molecule has 0 unspecified atom stereocenters. The Bertz CT molecular complexity index is 302. The molecule has 0 aromatic heterocycles. The molecule has 15 heavy (non-hydrogen) atoms. The average Bonchev–Trinajstić information content (AvgIpc) is 2.14. The minimum Gasteiger partial charge on any atom is -0.528 e. The molecule has 0 saturated carbocycles. The van der Waals surface area contributed by atoms with Crippen molar-refractivity contribution in [2.24, 2.45) is 0 Å². The van der Waals surface area contributed by atoms with Gasteiger partial charge in [0.1, 0.15) is 0 Å². The zero-order valence-corrected chi connectivity index (χ0v) is 8.51. The van der Waals surface area contributed by atoms with Gasteiger partial charge in [-0.15, -0.1) is 6.58 Å². The second-order valence-electron chi connectivity index (χ2n) is 3.17. The topological polar surface area (TPSA) is 55.8 Å². The van der Waals surface area contributed by atoms with E-state index < -0.39 is 13.1 Å². The Balaban J connectivity index is 2.72. The first-order chi connectivity index (χ1) is 7.11. The molecule has 0 N–H and O–H groups in total. The van der Waals surface area contributed by atoms with Crippen LogP contribution >= 0.6 is 0 Å². The molecule has 0 fully saturated rings. The minimum atomic E-state index is -0.840. The summed E-state index contributed by atoms with van der Waals surface area (Å²) in [5.74, 6) is 0.759. The van der Waals surface area contributed by atoms with Gasteiger partial charge in [-0.05, 0) is 13.0 Å². The van der Waals surface area contributed by atoms with Crippen molar-refractivity contribution in [3.8, 4) is 0 Å². The zero-order chi connectivity index (χ0) is 11.3. The minimum absolute atomic E-state index is 0.0489. The number of hydrogen-bond acceptors (Lipinski definition) is 5. The van der Waals surface area contributed by atoms with E-state index in [0.29, 0.717) is 0 Å². The number of hydrogen-bond donors (Lipinski definition) is 0. The lowest BCUT2D eigenvalue weighted by molar-refractivity contribution is -0.136. The summed E-state index contributed by atoms with van der Waals surface area (Å²) in [6.45, 7) is 3.66. The summed E-state index contributed by atoms with van der Waals surface area (Å²) in [5.41, 5.74) is 0. The van der Waals surface area contributed by atoms with Gasteiger partial charge in [0.25, 0.3) is 0 Å². The highest BCUT2D eigenvalue weighted by Gasteiger charge is 2.22. The van der Waals surface area contributed by atoms with Crippen molar-refractivity contribution in [2.75, 3.05) is 20.1 Å². The van der Waals surface area contributed by atoms with E-state index in [9.17, 15) is 9.59 Å². The van der Waals surface area contributed by atoms with Crippen LogP contribution in [0.2, 0.25) is 0 Å². The third-order valence-corrected chi connectivity index (χ3v) is 1.73. The first-order valence-electron chi connectivity index (χ1n) is 4.47. The lowest BCUT2D eigenvalue weighted by Gasteiger charge is -2.17. The Hall–Kier alpha value is -1.56. The van der Waals surface area contributed by atoms with Gasteiger partial charge in [0.15, 0.2) is 5.78 Å². The van der Waals surface area contributed by atoms with Crippen molar-refractivity contribution >= 4 is 18.9 Å². The summed E-state index contributed by atoms with van der Waals surface area (Å²) in [7, 11) is 0.825. The van der Waals surface area contributed by atoms with Gasteiger partial charge in [-0.3, -0.25) is 14.5 Å². The van der Waals surface area contributed by atoms with Crippen LogP contribution in [0.1, 0.15) is 0 Å². The lowest BCUT2D eigenvalue weighted by atomic mass is 9.91. The van der Waals surface area contributed by atoms with Crippen LogP contribution in [0.4, 0.5) is 0 Å². The predicted molar refractivity (Wildman–Crippen MR) is 54.8 cm³/mol. The fourth-order valence-corrected chi connectivity index (χ4v) is 1.09. The highest BCUT2D eigenvalue weighted by Crippen LogP contribution is 1.98. The molecule has 0 amide bonds. The second-order valence-corrected chi connectivity index (χ2v) is 3.17. The van der Waals surface area contributed by atoms with E-state index in [1.807, 2.05) is 0 Å². The molecular weight excluding hydrogens is 197 g/mol. The molecule has 1 rings (SSSR count). The maximum Gasteiger partial charge on any atom is 0.625 e. The third kappa shape index (κ3) is 3.99. The Morgan fingerprint density at radius 1 is 1.53 bits per heavy atom. The number of nitrogens with zero attached hydrogens (tertiary/aromatic N) is 1. The molecule has 6 heteroatoms. The standard InChI is InChI=1S/C9H12BNO4/c1-3-10-14-5-4-8(12)6-11(2)7-9(13)15-10/h3-5H,1,6-7H2,2H3/b5-4-. The van der Waals surface area contributed by atoms with Crippen LogP contribution in [0, 0.1) is 0 Å². The molecule has 0 saturated heterocycles. The van der Waals surface area contributed by atoms with Crippen molar-refractivity contribution < 1.29 is 18.9 Å². The zero-order valence-electron chi connectivity index (χ0n) is 8.51. The summed E-state index contributed by atoms with van der Waals surface area (Å²) >= 11 is 0. The largest absolute Gasteiger partial charge is 0.625 e. The van der Waals surface area contributed by atoms with E-state index >= 15 is 0 Å². The van der Waals surface area contributed by atoms with Gasteiger partial charge in [0.05, 0.1) is 19.4 Å². The van der Waals surface area contributed by atoms with Crippen molar-refractivity contribution in [3.63, 3.8) is 0 Å². The molecule has 0 spiro atoms. The molecule has 5 nitrogen and oxygen atoms in total. The van der Waals surface area contributed by atoms with E-state index in [1.165, 1.54) is 18.3 Å². The van der Waals surface area contributed by atoms with Crippen LogP contribution in [-0.4, -0.2) is 43.9 Å². The van der Waals surface area contributed by atoms with Gasteiger partial charge >= 0.3 is 13.1 Å². The summed E-state index contributed by atoms with van der Waals surface area (Å²) in [6, 6.07) is 0. The smallest absolute Gasteiger partial charge is 0.528 e. The van der Waals surface area contributed by atoms with Gasteiger partial charge < -0.3 is 9.31 Å². The van der Waals surface area contributed by atoms with Crippen molar-refractivity contribution in [2.45, 2.75) is 0 Å². The van der Waals surface area contributed by atoms with E-state index in [4.69, 9.17) is 9.31 Å². The van der Waals surface area contributed by atoms with Crippen LogP contribution < -0.4 is 0 Å². The highest BCUT2D eigenvalue weighted by atomic mass is 16.6. The van der Waals surface area contributed by atoms with Crippen molar-refractivity contribution in [1.29, 1.82) is 0 Å². The normalized spacial score (nSPS) is 21.5. The van der Waals surface area contributed by atoms with Gasteiger partial charge in [-0.1, -0.05) is 0 Å². The van der Waals surface area contributed by atoms with Crippen LogP contribution in [-0.2, 0) is 18.9 Å². The third-order valence-electron chi connectivity index (χ3n) is 1.73. The van der Waals surface area contributed by atoms with Gasteiger partial charge in [0, 0.05) is 6.08 Å². The quantitative estimate of drug-likeness (QED) is 0.559. The molecular formula is C9H12BNO4. The van der Waals surface area contributed by atoms with Crippen molar-refractivity contribution in [3.05, 3.63) is 24.9 Å². The SMILES string of the molecule is C=CB1O/C=C\C(=O)CN(C)CC(=O)O1. The fraction of sp³-hybridized carbons (Fsp3) is 0.333. The molecule has 1 aliphatic rings. The molecule has 0 bridgehead atoms. The Morgan fingerprint density at radius 2 is 2.27 bits per heavy atom. The van der Waals surface area contributed by atoms with Gasteiger partial charge in [-0.25, -0.2) is 0 Å². The molecule has 0 aromatic rings. The lowest BCUT2D eigenvalue weighted by Crippen LogP contribution is -2.35. The summed E-state index contributed by atoms with van der Waals surface area (Å²) in [5, 5.41) is 0. The van der Waals surface area contributed by atoms with E-state index in [2.05, 4.69) is 6.58 Å². The molecule has 0 atom stereocenters. The number of ketones is 1. The molecule has 0 aromatic carbocycles. The summed E-state index contributed by atoms with van der Waals surface area (Å²) in [4.78, 5) is 24.1. The van der Waals surface area contributed by atoms with Gasteiger partial charge in [0.2, 0.25) is 0 Å². The highest BCUT2D eigenvalue weighted by molar-refractivity contribution is 6.52. The first-order valence-corrected chi connectivity index (χ1v) is 4.47. The molecule has 0 radical (unpaired) electrons. The van der Waals surface area contributed by atoms with E-state index in [0.717, 1.165) is 0 Å². The van der Waals surface area contributed by atoms with Crippen LogP contribution in [0.3, 0.4) is 0 Å². The fourth-order valence-electron chi connectivity index (χ4n) is 1.09. The molecule has 0 aliphatic carbocycles. The summed E-state index contributed by atoms with van der Waals surface area (Å²) in [6.07, 6.45) is 2.51. The Labute approximate surface area is 88.5 Å². The maximum absolute atomic E-state index is 11.3. The number of carbonyl (C=O) groups excluding carboxylic acids is 2. The average molecular weight is 209 g/mol.